The molecule has 0 unspecified atom stereocenters. The van der Waals surface area contributed by atoms with Crippen molar-refractivity contribution in [2.45, 2.75) is 0 Å². The third-order valence-electron chi connectivity index (χ3n) is 2.01. The normalized spacial score (nSPS) is 10.7. The fourth-order valence-electron chi connectivity index (χ4n) is 1.21. The molecule has 0 aromatic heterocycles. The Morgan fingerprint density at radius 2 is 2.25 bits per heavy atom. The van der Waals surface area contributed by atoms with E-state index in [2.05, 4.69) is 4.74 Å². The molecule has 0 heterocycles. The molecule has 0 spiro atoms. The molecule has 0 fully saturated rings. The molecule has 0 aliphatic rings. The summed E-state index contributed by atoms with van der Waals surface area (Å²) in [6.07, 6.45) is 3.46. The van der Waals surface area contributed by atoms with Crippen molar-refractivity contribution >= 4 is 29.3 Å². The van der Waals surface area contributed by atoms with Crippen molar-refractivity contribution in [2.75, 3.05) is 19.4 Å². The van der Waals surface area contributed by atoms with Gasteiger partial charge >= 0.3 is 5.97 Å². The predicted molar refractivity (Wildman–Crippen MR) is 65.3 cm³/mol. The molecule has 0 saturated carbocycles. The van der Waals surface area contributed by atoms with Crippen LogP contribution in [-0.2, 0) is 4.74 Å². The third kappa shape index (κ3) is 2.74. The molecule has 0 amide bonds. The monoisotopic (exact) mass is 240 g/mol. The molecule has 1 aromatic rings. The molecule has 0 aliphatic carbocycles. The molecule has 0 bridgehead atoms. The number of halogens is 1. The number of esters is 1. The Labute approximate surface area is 98.8 Å². The van der Waals surface area contributed by atoms with Crippen LogP contribution in [0.5, 0.6) is 0 Å². The topological polar surface area (TPSA) is 78.3 Å². The maximum absolute atomic E-state index is 11.4. The van der Waals surface area contributed by atoms with Crippen LogP contribution in [0.3, 0.4) is 0 Å². The molecule has 4 N–H and O–H groups in total. The Hall–Kier alpha value is -1.52. The van der Waals surface area contributed by atoms with Crippen molar-refractivity contribution in [2.24, 2.45) is 5.73 Å². The lowest BCUT2D eigenvalue weighted by Gasteiger charge is -2.06. The number of benzene rings is 1. The van der Waals surface area contributed by atoms with E-state index in [0.717, 1.165) is 0 Å². The number of nitrogens with two attached hydrogens (primary N) is 2. The van der Waals surface area contributed by atoms with E-state index in [1.165, 1.54) is 13.2 Å². The molecule has 86 valence electrons. The molecular formula is C11H13ClN2O2. The lowest BCUT2D eigenvalue weighted by Crippen LogP contribution is -2.06. The SMILES string of the molecule is COC(=O)c1cc(C=CCN)c(Cl)cc1N. The number of hydrogen-bond donors (Lipinski definition) is 2. The van der Waals surface area contributed by atoms with Crippen molar-refractivity contribution in [1.82, 2.24) is 0 Å². The van der Waals surface area contributed by atoms with Gasteiger partial charge in [0.15, 0.2) is 0 Å². The van der Waals surface area contributed by atoms with Gasteiger partial charge in [0.05, 0.1) is 12.7 Å². The highest BCUT2D eigenvalue weighted by Gasteiger charge is 2.12. The van der Waals surface area contributed by atoms with Gasteiger partial charge in [0.1, 0.15) is 0 Å². The number of hydrogen-bond acceptors (Lipinski definition) is 4. The van der Waals surface area contributed by atoms with E-state index in [9.17, 15) is 4.79 Å². The number of methoxy groups -OCH3 is 1. The van der Waals surface area contributed by atoms with Crippen molar-refractivity contribution in [3.05, 3.63) is 34.4 Å². The van der Waals surface area contributed by atoms with E-state index < -0.39 is 5.97 Å². The summed E-state index contributed by atoms with van der Waals surface area (Å²) in [5, 5.41) is 0.467. The lowest BCUT2D eigenvalue weighted by molar-refractivity contribution is 0.0602. The number of rotatable bonds is 3. The quantitative estimate of drug-likeness (QED) is 0.622. The summed E-state index contributed by atoms with van der Waals surface area (Å²) >= 11 is 5.96. The van der Waals surface area contributed by atoms with Crippen molar-refractivity contribution < 1.29 is 9.53 Å². The fraction of sp³-hybridized carbons (Fsp3) is 0.182. The Kier molecular flexibility index (Phi) is 4.34. The molecule has 0 saturated heterocycles. The van der Waals surface area contributed by atoms with Crippen LogP contribution in [0, 0.1) is 0 Å². The lowest BCUT2D eigenvalue weighted by atomic mass is 10.1. The Morgan fingerprint density at radius 1 is 1.56 bits per heavy atom. The second-order valence-corrected chi connectivity index (χ2v) is 3.50. The maximum Gasteiger partial charge on any atom is 0.339 e. The molecule has 1 rings (SSSR count). The minimum atomic E-state index is -0.489. The number of carbonyl (C=O) groups excluding carboxylic acids is 1. The van der Waals surface area contributed by atoms with E-state index in [4.69, 9.17) is 23.1 Å². The molecule has 0 atom stereocenters. The van der Waals surface area contributed by atoms with Gasteiger partial charge in [0.2, 0.25) is 0 Å². The van der Waals surface area contributed by atoms with Crippen LogP contribution in [0.15, 0.2) is 18.2 Å². The Morgan fingerprint density at radius 3 is 2.81 bits per heavy atom. The zero-order chi connectivity index (χ0) is 12.1. The van der Waals surface area contributed by atoms with Crippen molar-refractivity contribution in [3.8, 4) is 0 Å². The molecule has 16 heavy (non-hydrogen) atoms. The highest BCUT2D eigenvalue weighted by Crippen LogP contribution is 2.25. The molecular weight excluding hydrogens is 228 g/mol. The minimum Gasteiger partial charge on any atom is -0.465 e. The average Bonchev–Trinajstić information content (AvgIpc) is 2.27. The highest BCUT2D eigenvalue weighted by molar-refractivity contribution is 6.32. The largest absolute Gasteiger partial charge is 0.465 e. The predicted octanol–water partition coefficient (Wildman–Crippen LogP) is 1.68. The van der Waals surface area contributed by atoms with Crippen molar-refractivity contribution in [1.29, 1.82) is 0 Å². The smallest absolute Gasteiger partial charge is 0.339 e. The number of nitrogen functional groups attached to an aromatic ring is 1. The van der Waals surface area contributed by atoms with Crippen LogP contribution < -0.4 is 11.5 Å². The second kappa shape index (κ2) is 5.53. The summed E-state index contributed by atoms with van der Waals surface area (Å²) in [4.78, 5) is 11.4. The average molecular weight is 241 g/mol. The first-order valence-corrected chi connectivity index (χ1v) is 5.02. The first-order chi connectivity index (χ1) is 7.60. The summed E-state index contributed by atoms with van der Waals surface area (Å²) < 4.78 is 4.61. The van der Waals surface area contributed by atoms with Gasteiger partial charge in [-0.1, -0.05) is 23.8 Å². The van der Waals surface area contributed by atoms with Crippen LogP contribution in [0.25, 0.3) is 6.08 Å². The number of anilines is 1. The fourth-order valence-corrected chi connectivity index (χ4v) is 1.45. The summed E-state index contributed by atoms with van der Waals surface area (Å²) in [5.74, 6) is -0.489. The third-order valence-corrected chi connectivity index (χ3v) is 2.33. The van der Waals surface area contributed by atoms with Gasteiger partial charge in [-0.05, 0) is 17.7 Å². The van der Waals surface area contributed by atoms with E-state index >= 15 is 0 Å². The van der Waals surface area contributed by atoms with Gasteiger partial charge < -0.3 is 16.2 Å². The number of carbonyl (C=O) groups is 1. The highest BCUT2D eigenvalue weighted by atomic mass is 35.5. The second-order valence-electron chi connectivity index (χ2n) is 3.09. The van der Waals surface area contributed by atoms with Crippen LogP contribution in [0.1, 0.15) is 15.9 Å². The van der Waals surface area contributed by atoms with Crippen LogP contribution >= 0.6 is 11.6 Å². The zero-order valence-electron chi connectivity index (χ0n) is 8.87. The molecule has 0 radical (unpaired) electrons. The van der Waals surface area contributed by atoms with E-state index in [0.29, 0.717) is 28.4 Å². The van der Waals surface area contributed by atoms with Crippen LogP contribution in [0.2, 0.25) is 5.02 Å². The molecule has 4 nitrogen and oxygen atoms in total. The maximum atomic E-state index is 11.4. The van der Waals surface area contributed by atoms with Gasteiger partial charge in [-0.2, -0.15) is 0 Å². The first-order valence-electron chi connectivity index (χ1n) is 4.64. The Bertz CT molecular complexity index is 430. The molecule has 0 aliphatic heterocycles. The summed E-state index contributed by atoms with van der Waals surface area (Å²) in [6, 6.07) is 3.10. The number of ether oxygens (including phenoxy) is 1. The van der Waals surface area contributed by atoms with E-state index in [1.807, 2.05) is 0 Å². The van der Waals surface area contributed by atoms with Gasteiger partial charge in [0.25, 0.3) is 0 Å². The van der Waals surface area contributed by atoms with Crippen LogP contribution in [-0.4, -0.2) is 19.6 Å². The minimum absolute atomic E-state index is 0.293. The van der Waals surface area contributed by atoms with E-state index in [-0.39, 0.29) is 0 Å². The summed E-state index contributed by atoms with van der Waals surface area (Å²) in [7, 11) is 1.30. The van der Waals surface area contributed by atoms with Gasteiger partial charge in [-0.3, -0.25) is 0 Å². The standard InChI is InChI=1S/C11H13ClN2O2/c1-16-11(15)8-5-7(3-2-4-13)9(12)6-10(8)14/h2-3,5-6H,4,13-14H2,1H3. The first kappa shape index (κ1) is 12.5. The van der Waals surface area contributed by atoms with Gasteiger partial charge in [0, 0.05) is 17.3 Å². The summed E-state index contributed by atoms with van der Waals surface area (Å²) in [5.41, 5.74) is 12.3. The zero-order valence-corrected chi connectivity index (χ0v) is 9.62. The van der Waals surface area contributed by atoms with Crippen molar-refractivity contribution in [3.63, 3.8) is 0 Å². The Balaban J connectivity index is 3.21. The van der Waals surface area contributed by atoms with Gasteiger partial charge in [-0.15, -0.1) is 0 Å². The molecule has 5 heteroatoms. The van der Waals surface area contributed by atoms with E-state index in [1.54, 1.807) is 18.2 Å². The van der Waals surface area contributed by atoms with Crippen LogP contribution in [0.4, 0.5) is 5.69 Å². The summed E-state index contributed by atoms with van der Waals surface area (Å²) in [6.45, 7) is 0.397. The van der Waals surface area contributed by atoms with Gasteiger partial charge in [-0.25, -0.2) is 4.79 Å². The molecule has 1 aromatic carbocycles.